The Morgan fingerprint density at radius 3 is 2.69 bits per heavy atom. The van der Waals surface area contributed by atoms with E-state index in [0.717, 1.165) is 0 Å². The lowest BCUT2D eigenvalue weighted by atomic mass is 10.1. The molecule has 0 atom stereocenters. The molecule has 13 heavy (non-hydrogen) atoms. The Labute approximate surface area is 74.5 Å². The molecular weight excluding hydrogens is 170 g/mol. The van der Waals surface area contributed by atoms with E-state index in [4.69, 9.17) is 11.0 Å². The summed E-state index contributed by atoms with van der Waals surface area (Å²) < 4.78 is 0. The Kier molecular flexibility index (Phi) is 2.15. The maximum atomic E-state index is 10.4. The lowest BCUT2D eigenvalue weighted by Gasteiger charge is -2.01. The van der Waals surface area contributed by atoms with Gasteiger partial charge in [0.2, 0.25) is 0 Å². The van der Waals surface area contributed by atoms with Crippen LogP contribution in [0.3, 0.4) is 0 Å². The lowest BCUT2D eigenvalue weighted by molar-refractivity contribution is -0.385. The second-order valence-corrected chi connectivity index (χ2v) is 2.54. The summed E-state index contributed by atoms with van der Waals surface area (Å²) in [6, 6.07) is 4.48. The number of nitriles is 1. The minimum Gasteiger partial charge on any atom is -0.397 e. The Balaban J connectivity index is 3.42. The van der Waals surface area contributed by atoms with Crippen molar-refractivity contribution in [3.8, 4) is 6.07 Å². The molecule has 0 bridgehead atoms. The van der Waals surface area contributed by atoms with Crippen molar-refractivity contribution >= 4 is 11.4 Å². The number of nitrogens with two attached hydrogens (primary N) is 1. The fourth-order valence-electron chi connectivity index (χ4n) is 1.01. The van der Waals surface area contributed by atoms with Gasteiger partial charge >= 0.3 is 0 Å². The molecule has 0 aliphatic rings. The molecule has 0 saturated heterocycles. The summed E-state index contributed by atoms with van der Waals surface area (Å²) in [5.41, 5.74) is 6.23. The first-order chi connectivity index (χ1) is 6.07. The van der Waals surface area contributed by atoms with Crippen LogP contribution >= 0.6 is 0 Å². The van der Waals surface area contributed by atoms with E-state index in [0.29, 0.717) is 5.56 Å². The highest BCUT2D eigenvalue weighted by Gasteiger charge is 2.14. The van der Waals surface area contributed by atoms with Crippen LogP contribution in [0.25, 0.3) is 0 Å². The largest absolute Gasteiger partial charge is 0.397 e. The molecule has 1 aromatic carbocycles. The summed E-state index contributed by atoms with van der Waals surface area (Å²) in [6.45, 7) is 1.52. The molecule has 66 valence electrons. The molecule has 0 saturated carbocycles. The Morgan fingerprint density at radius 2 is 2.23 bits per heavy atom. The van der Waals surface area contributed by atoms with Crippen LogP contribution in [0.4, 0.5) is 11.4 Å². The molecule has 0 aliphatic carbocycles. The summed E-state index contributed by atoms with van der Waals surface area (Å²) in [5.74, 6) is 0. The molecular formula is C8H7N3O2. The zero-order valence-electron chi connectivity index (χ0n) is 6.94. The fourth-order valence-corrected chi connectivity index (χ4v) is 1.01. The molecule has 0 amide bonds. The Morgan fingerprint density at radius 1 is 1.62 bits per heavy atom. The first kappa shape index (κ1) is 9.00. The van der Waals surface area contributed by atoms with Gasteiger partial charge in [-0.05, 0) is 13.0 Å². The van der Waals surface area contributed by atoms with Crippen molar-refractivity contribution in [2.75, 3.05) is 5.73 Å². The van der Waals surface area contributed by atoms with Gasteiger partial charge in [-0.1, -0.05) is 0 Å². The van der Waals surface area contributed by atoms with Gasteiger partial charge in [0.1, 0.15) is 6.07 Å². The van der Waals surface area contributed by atoms with Gasteiger partial charge in [-0.15, -0.1) is 0 Å². The third-order valence-corrected chi connectivity index (χ3v) is 1.80. The van der Waals surface area contributed by atoms with Crippen LogP contribution in [0.5, 0.6) is 0 Å². The van der Waals surface area contributed by atoms with Crippen molar-refractivity contribution in [2.24, 2.45) is 0 Å². The van der Waals surface area contributed by atoms with Crippen LogP contribution in [0.2, 0.25) is 0 Å². The van der Waals surface area contributed by atoms with Crippen molar-refractivity contribution in [2.45, 2.75) is 6.92 Å². The highest BCUT2D eigenvalue weighted by atomic mass is 16.6. The molecule has 0 unspecified atom stereocenters. The van der Waals surface area contributed by atoms with Crippen LogP contribution in [-0.4, -0.2) is 4.92 Å². The molecule has 0 aliphatic heterocycles. The van der Waals surface area contributed by atoms with Crippen molar-refractivity contribution in [1.29, 1.82) is 5.26 Å². The predicted octanol–water partition coefficient (Wildman–Crippen LogP) is 1.36. The number of nitrogens with zero attached hydrogens (tertiary/aromatic N) is 2. The van der Waals surface area contributed by atoms with Crippen LogP contribution in [0.1, 0.15) is 11.1 Å². The standard InChI is InChI=1S/C8H7N3O2/c1-5-7(11(12)13)3-2-6(4-9)8(5)10/h2-3H,10H2,1H3. The third-order valence-electron chi connectivity index (χ3n) is 1.80. The minimum absolute atomic E-state index is 0.0588. The van der Waals surface area contributed by atoms with E-state index in [-0.39, 0.29) is 16.9 Å². The van der Waals surface area contributed by atoms with Gasteiger partial charge in [-0.2, -0.15) is 5.26 Å². The van der Waals surface area contributed by atoms with Crippen molar-refractivity contribution in [3.05, 3.63) is 33.4 Å². The zero-order valence-corrected chi connectivity index (χ0v) is 6.94. The van der Waals surface area contributed by atoms with E-state index in [9.17, 15) is 10.1 Å². The van der Waals surface area contributed by atoms with E-state index in [2.05, 4.69) is 0 Å². The molecule has 5 heteroatoms. The van der Waals surface area contributed by atoms with E-state index in [1.54, 1.807) is 0 Å². The number of benzene rings is 1. The van der Waals surface area contributed by atoms with Crippen molar-refractivity contribution < 1.29 is 4.92 Å². The summed E-state index contributed by atoms with van der Waals surface area (Å²) in [7, 11) is 0. The summed E-state index contributed by atoms with van der Waals surface area (Å²) in [5, 5.41) is 19.0. The first-order valence-electron chi connectivity index (χ1n) is 3.51. The monoisotopic (exact) mass is 177 g/mol. The molecule has 0 spiro atoms. The SMILES string of the molecule is Cc1c([N+](=O)[O-])ccc(C#N)c1N. The van der Waals surface area contributed by atoms with Gasteiger partial charge in [-0.25, -0.2) is 0 Å². The highest BCUT2D eigenvalue weighted by Crippen LogP contribution is 2.25. The minimum atomic E-state index is -0.521. The van der Waals surface area contributed by atoms with Crippen molar-refractivity contribution in [3.63, 3.8) is 0 Å². The molecule has 0 aromatic heterocycles. The smallest absolute Gasteiger partial charge is 0.274 e. The average molecular weight is 177 g/mol. The van der Waals surface area contributed by atoms with Crippen LogP contribution in [0.15, 0.2) is 12.1 Å². The van der Waals surface area contributed by atoms with E-state index >= 15 is 0 Å². The molecule has 1 rings (SSSR count). The van der Waals surface area contributed by atoms with Crippen LogP contribution in [-0.2, 0) is 0 Å². The van der Waals surface area contributed by atoms with Gasteiger partial charge in [0, 0.05) is 6.07 Å². The van der Waals surface area contributed by atoms with Gasteiger partial charge in [-0.3, -0.25) is 10.1 Å². The zero-order chi connectivity index (χ0) is 10.0. The number of rotatable bonds is 1. The van der Waals surface area contributed by atoms with Crippen molar-refractivity contribution in [1.82, 2.24) is 0 Å². The second kappa shape index (κ2) is 3.11. The Hall–Kier alpha value is -2.09. The highest BCUT2D eigenvalue weighted by molar-refractivity contribution is 5.65. The molecule has 5 nitrogen and oxygen atoms in total. The quantitative estimate of drug-likeness (QED) is 0.398. The Bertz CT molecular complexity index is 407. The number of nitro benzene ring substituents is 1. The molecule has 0 radical (unpaired) electrons. The number of hydrogen-bond acceptors (Lipinski definition) is 4. The fraction of sp³-hybridized carbons (Fsp3) is 0.125. The lowest BCUT2D eigenvalue weighted by Crippen LogP contribution is -1.99. The molecule has 0 fully saturated rings. The van der Waals surface area contributed by atoms with Gasteiger partial charge in [0.05, 0.1) is 21.7 Å². The molecule has 0 heterocycles. The summed E-state index contributed by atoms with van der Waals surface area (Å²) >= 11 is 0. The third kappa shape index (κ3) is 1.42. The maximum absolute atomic E-state index is 10.4. The number of nitrogen functional groups attached to an aromatic ring is 1. The van der Waals surface area contributed by atoms with Gasteiger partial charge < -0.3 is 5.73 Å². The molecule has 2 N–H and O–H groups in total. The normalized spacial score (nSPS) is 9.23. The summed E-state index contributed by atoms with van der Waals surface area (Å²) in [4.78, 5) is 9.92. The van der Waals surface area contributed by atoms with Gasteiger partial charge in [0.15, 0.2) is 0 Å². The van der Waals surface area contributed by atoms with E-state index in [1.807, 2.05) is 6.07 Å². The maximum Gasteiger partial charge on any atom is 0.274 e. The second-order valence-electron chi connectivity index (χ2n) is 2.54. The van der Waals surface area contributed by atoms with E-state index in [1.165, 1.54) is 19.1 Å². The number of nitro groups is 1. The number of hydrogen-bond donors (Lipinski definition) is 1. The first-order valence-corrected chi connectivity index (χ1v) is 3.51. The predicted molar refractivity (Wildman–Crippen MR) is 47.0 cm³/mol. The molecule has 1 aromatic rings. The average Bonchev–Trinajstić information content (AvgIpc) is 2.09. The topological polar surface area (TPSA) is 93.0 Å². The van der Waals surface area contributed by atoms with Crippen LogP contribution < -0.4 is 5.73 Å². The summed E-state index contributed by atoms with van der Waals surface area (Å²) in [6.07, 6.45) is 0. The van der Waals surface area contributed by atoms with Gasteiger partial charge in [0.25, 0.3) is 5.69 Å². The van der Waals surface area contributed by atoms with E-state index < -0.39 is 4.92 Å². The number of anilines is 1. The van der Waals surface area contributed by atoms with Crippen LogP contribution in [0, 0.1) is 28.4 Å².